The predicted octanol–water partition coefficient (Wildman–Crippen LogP) is 5.47. The van der Waals surface area contributed by atoms with Crippen LogP contribution in [0.1, 0.15) is 29.2 Å². The number of thioether (sulfide) groups is 1. The zero-order valence-corrected chi connectivity index (χ0v) is 22.1. The van der Waals surface area contributed by atoms with Gasteiger partial charge >= 0.3 is 0 Å². The fourth-order valence-corrected chi connectivity index (χ4v) is 6.14. The van der Waals surface area contributed by atoms with E-state index in [1.54, 1.807) is 20.3 Å². The summed E-state index contributed by atoms with van der Waals surface area (Å²) in [4.78, 5) is 34.0. The average molecular weight is 522 g/mol. The van der Waals surface area contributed by atoms with Gasteiger partial charge in [-0.3, -0.25) is 14.2 Å². The van der Waals surface area contributed by atoms with Crippen LogP contribution in [0.2, 0.25) is 0 Å². The topological polar surface area (TPSA) is 73.0 Å². The van der Waals surface area contributed by atoms with Gasteiger partial charge in [-0.15, -0.1) is 0 Å². The summed E-state index contributed by atoms with van der Waals surface area (Å²) in [5, 5.41) is 5.60. The van der Waals surface area contributed by atoms with Crippen molar-refractivity contribution in [1.82, 2.24) is 19.3 Å². The Morgan fingerprint density at radius 1 is 1.03 bits per heavy atom. The number of benzene rings is 3. The highest BCUT2D eigenvalue weighted by Crippen LogP contribution is 2.34. The normalized spacial score (nSPS) is 14.5. The number of nitrogens with zero attached hydrogens (tertiary/aromatic N) is 5. The molecule has 6 rings (SSSR count). The van der Waals surface area contributed by atoms with Crippen LogP contribution in [0, 0.1) is 13.8 Å². The van der Waals surface area contributed by atoms with Crippen molar-refractivity contribution in [3.05, 3.63) is 112 Å². The van der Waals surface area contributed by atoms with E-state index in [2.05, 4.69) is 11.2 Å². The van der Waals surface area contributed by atoms with Gasteiger partial charge in [0.25, 0.3) is 5.56 Å². The van der Waals surface area contributed by atoms with Gasteiger partial charge in [-0.2, -0.15) is 5.10 Å². The second kappa shape index (κ2) is 9.95. The Balaban J connectivity index is 1.33. The second-order valence-electron chi connectivity index (χ2n) is 9.62. The van der Waals surface area contributed by atoms with Gasteiger partial charge in [0.05, 0.1) is 24.5 Å². The first-order valence-corrected chi connectivity index (χ1v) is 13.6. The molecule has 190 valence electrons. The Kier molecular flexibility index (Phi) is 6.33. The maximum atomic E-state index is 13.7. The highest BCUT2D eigenvalue weighted by atomic mass is 32.2. The summed E-state index contributed by atoms with van der Waals surface area (Å²) in [7, 11) is 0. The number of fused-ring (bicyclic) bond motifs is 2. The van der Waals surface area contributed by atoms with Gasteiger partial charge in [0.15, 0.2) is 10.8 Å². The predicted molar refractivity (Wildman–Crippen MR) is 151 cm³/mol. The molecule has 2 aromatic heterocycles. The van der Waals surface area contributed by atoms with Gasteiger partial charge in [0.2, 0.25) is 5.91 Å². The monoisotopic (exact) mass is 521 g/mol. The molecule has 1 unspecified atom stereocenters. The summed E-state index contributed by atoms with van der Waals surface area (Å²) < 4.78 is 3.42. The van der Waals surface area contributed by atoms with E-state index in [9.17, 15) is 9.59 Å². The molecule has 1 atom stereocenters. The van der Waals surface area contributed by atoms with E-state index >= 15 is 0 Å². The van der Waals surface area contributed by atoms with Crippen LogP contribution in [0.15, 0.2) is 95.0 Å². The van der Waals surface area contributed by atoms with Gasteiger partial charge in [-0.1, -0.05) is 78.0 Å². The first kappa shape index (κ1) is 24.2. The van der Waals surface area contributed by atoms with Crippen molar-refractivity contribution in [3.8, 4) is 5.69 Å². The summed E-state index contributed by atoms with van der Waals surface area (Å²) in [5.41, 5.74) is 5.40. The fraction of sp³-hybridized carbons (Fsp3) is 0.200. The van der Waals surface area contributed by atoms with Crippen LogP contribution in [0.5, 0.6) is 0 Å². The molecule has 0 bridgehead atoms. The van der Waals surface area contributed by atoms with E-state index in [4.69, 9.17) is 4.98 Å². The molecular formula is C30H27N5O2S. The van der Waals surface area contributed by atoms with Crippen LogP contribution in [-0.4, -0.2) is 31.0 Å². The molecule has 3 heterocycles. The number of carbonyl (C=O) groups excluding carboxylic acids is 1. The van der Waals surface area contributed by atoms with Gasteiger partial charge in [-0.05, 0) is 43.2 Å². The molecule has 1 amide bonds. The molecule has 3 aromatic carbocycles. The van der Waals surface area contributed by atoms with E-state index in [0.717, 1.165) is 28.1 Å². The van der Waals surface area contributed by atoms with Gasteiger partial charge < -0.3 is 4.90 Å². The SMILES string of the molecule is Cc1ccc(-n2ncc3c(=O)n4c(nc32)SCC4CC(=O)N(Cc2ccccc2)c2ccccc2)c(C)c1. The number of carbonyl (C=O) groups is 1. The number of hydrogen-bond acceptors (Lipinski definition) is 5. The number of hydrogen-bond donors (Lipinski definition) is 0. The molecule has 0 saturated heterocycles. The molecule has 1 aliphatic rings. The Bertz CT molecular complexity index is 1700. The molecule has 0 fully saturated rings. The molecule has 0 spiro atoms. The largest absolute Gasteiger partial charge is 0.308 e. The van der Waals surface area contributed by atoms with E-state index < -0.39 is 0 Å². The third kappa shape index (κ3) is 4.41. The third-order valence-corrected chi connectivity index (χ3v) is 8.01. The van der Waals surface area contributed by atoms with E-state index in [1.165, 1.54) is 11.8 Å². The number of para-hydroxylation sites is 1. The van der Waals surface area contributed by atoms with Crippen LogP contribution in [0.25, 0.3) is 16.7 Å². The van der Waals surface area contributed by atoms with Crippen molar-refractivity contribution in [3.63, 3.8) is 0 Å². The lowest BCUT2D eigenvalue weighted by molar-refractivity contribution is -0.119. The molecule has 0 saturated carbocycles. The molecule has 8 heteroatoms. The zero-order valence-electron chi connectivity index (χ0n) is 21.2. The molecule has 1 aliphatic heterocycles. The molecule has 0 radical (unpaired) electrons. The smallest absolute Gasteiger partial charge is 0.265 e. The Hall–Kier alpha value is -4.17. The number of amides is 1. The minimum atomic E-state index is -0.279. The number of aryl methyl sites for hydroxylation is 2. The minimum Gasteiger partial charge on any atom is -0.308 e. The Morgan fingerprint density at radius 3 is 2.50 bits per heavy atom. The molecule has 5 aromatic rings. The Morgan fingerprint density at radius 2 is 1.76 bits per heavy atom. The highest BCUT2D eigenvalue weighted by molar-refractivity contribution is 7.99. The average Bonchev–Trinajstić information content (AvgIpc) is 3.53. The van der Waals surface area contributed by atoms with Crippen LogP contribution in [0.3, 0.4) is 0 Å². The first-order chi connectivity index (χ1) is 18.5. The van der Waals surface area contributed by atoms with Crippen LogP contribution >= 0.6 is 11.8 Å². The molecule has 0 N–H and O–H groups in total. The summed E-state index contributed by atoms with van der Waals surface area (Å²) >= 11 is 1.51. The molecular weight excluding hydrogens is 494 g/mol. The molecule has 0 aliphatic carbocycles. The quantitative estimate of drug-likeness (QED) is 0.277. The highest BCUT2D eigenvalue weighted by Gasteiger charge is 2.31. The van der Waals surface area contributed by atoms with Crippen molar-refractivity contribution in [2.24, 2.45) is 0 Å². The van der Waals surface area contributed by atoms with E-state index in [1.807, 2.05) is 86.6 Å². The standard InChI is InChI=1S/C30H27N5O2S/c1-20-13-14-26(21(2)15-20)35-28-25(17-31-35)29(37)34-24(19-38-30(34)32-28)16-27(36)33(23-11-7-4-8-12-23)18-22-9-5-3-6-10-22/h3-15,17,24H,16,18-19H2,1-2H3. The van der Waals surface area contributed by atoms with Crippen molar-refractivity contribution in [2.75, 3.05) is 10.7 Å². The fourth-order valence-electron chi connectivity index (χ4n) is 5.01. The molecule has 38 heavy (non-hydrogen) atoms. The third-order valence-electron chi connectivity index (χ3n) is 6.91. The van der Waals surface area contributed by atoms with E-state index in [0.29, 0.717) is 28.5 Å². The summed E-state index contributed by atoms with van der Waals surface area (Å²) in [6.07, 6.45) is 1.80. The summed E-state index contributed by atoms with van der Waals surface area (Å²) in [6, 6.07) is 25.5. The van der Waals surface area contributed by atoms with Crippen molar-refractivity contribution in [1.29, 1.82) is 0 Å². The van der Waals surface area contributed by atoms with E-state index in [-0.39, 0.29) is 23.9 Å². The van der Waals surface area contributed by atoms with Gasteiger partial charge in [-0.25, -0.2) is 9.67 Å². The number of rotatable bonds is 6. The summed E-state index contributed by atoms with van der Waals surface area (Å²) in [6.45, 7) is 4.54. The van der Waals surface area contributed by atoms with Crippen molar-refractivity contribution < 1.29 is 4.79 Å². The maximum Gasteiger partial charge on any atom is 0.265 e. The number of anilines is 1. The lowest BCUT2D eigenvalue weighted by Crippen LogP contribution is -2.34. The lowest BCUT2D eigenvalue weighted by Gasteiger charge is -2.25. The number of aromatic nitrogens is 4. The lowest BCUT2D eigenvalue weighted by atomic mass is 10.1. The molecule has 7 nitrogen and oxygen atoms in total. The second-order valence-corrected chi connectivity index (χ2v) is 10.6. The van der Waals surface area contributed by atoms with Crippen molar-refractivity contribution in [2.45, 2.75) is 38.0 Å². The van der Waals surface area contributed by atoms with Crippen molar-refractivity contribution >= 4 is 34.4 Å². The maximum absolute atomic E-state index is 13.7. The Labute approximate surface area is 224 Å². The summed E-state index contributed by atoms with van der Waals surface area (Å²) in [5.74, 6) is 0.586. The van der Waals surface area contributed by atoms with Crippen LogP contribution in [0.4, 0.5) is 5.69 Å². The van der Waals surface area contributed by atoms with Gasteiger partial charge in [0, 0.05) is 17.9 Å². The minimum absolute atomic E-state index is 0.0310. The first-order valence-electron chi connectivity index (χ1n) is 12.6. The van der Waals surface area contributed by atoms with Gasteiger partial charge in [0.1, 0.15) is 5.39 Å². The zero-order chi connectivity index (χ0) is 26.2. The van der Waals surface area contributed by atoms with Crippen LogP contribution in [-0.2, 0) is 11.3 Å². The van der Waals surface area contributed by atoms with Crippen LogP contribution < -0.4 is 10.5 Å².